The van der Waals surface area contributed by atoms with Gasteiger partial charge in [-0.2, -0.15) is 8.42 Å². The van der Waals surface area contributed by atoms with E-state index in [0.29, 0.717) is 30.5 Å². The number of methoxy groups -OCH3 is 1. The Kier molecular flexibility index (Phi) is 13.7. The number of hydrogen-bond acceptors (Lipinski definition) is 12. The maximum absolute atomic E-state index is 9.63. The molecular weight excluding hydrogens is 626 g/mol. The largest absolute Gasteiger partial charge is 0.493 e. The first-order chi connectivity index (χ1) is 22.8. The van der Waals surface area contributed by atoms with E-state index in [1.54, 1.807) is 13.4 Å². The third-order valence-corrected chi connectivity index (χ3v) is 7.79. The van der Waals surface area contributed by atoms with E-state index < -0.39 is 22.5 Å². The molecule has 0 unspecified atom stereocenters. The zero-order chi connectivity index (χ0) is 33.5. The first-order valence-electron chi connectivity index (χ1n) is 15.2. The van der Waals surface area contributed by atoms with Crippen LogP contribution in [0.15, 0.2) is 78.2 Å². The molecule has 3 aromatic carbocycles. The maximum atomic E-state index is 9.63. The molecule has 1 fully saturated rings. The molecule has 14 heteroatoms. The second-order valence-corrected chi connectivity index (χ2v) is 12.1. The summed E-state index contributed by atoms with van der Waals surface area (Å²) in [6, 6.07) is 21.8. The van der Waals surface area contributed by atoms with Crippen LogP contribution in [0.4, 0.5) is 11.5 Å². The normalized spacial score (nSPS) is 13.8. The quantitative estimate of drug-likeness (QED) is 0.0757. The van der Waals surface area contributed by atoms with Crippen molar-refractivity contribution in [1.29, 1.82) is 0 Å². The molecule has 0 radical (unpaired) electrons. The number of aliphatic hydroxyl groups is 1. The molecule has 0 saturated carbocycles. The van der Waals surface area contributed by atoms with E-state index in [1.165, 1.54) is 0 Å². The molecule has 4 aromatic rings. The van der Waals surface area contributed by atoms with Gasteiger partial charge in [-0.05, 0) is 42.7 Å². The first kappa shape index (κ1) is 35.5. The van der Waals surface area contributed by atoms with Crippen LogP contribution in [0.2, 0.25) is 0 Å². The number of nitrogens with zero attached hydrogens (tertiary/aromatic N) is 4. The SMILES string of the molecule is COc1cc2ncnc(Nc3ccc(C(C)=NOCc4ccccc4)cc3)c2cc1OCCCN1CCOCC1.O=S(=O)(O)CCO. The highest BCUT2D eigenvalue weighted by molar-refractivity contribution is 7.85. The Bertz CT molecular complexity index is 1680. The fraction of sp³-hybridized carbons (Fsp3) is 0.364. The highest BCUT2D eigenvalue weighted by atomic mass is 32.2. The molecule has 2 heterocycles. The lowest BCUT2D eigenvalue weighted by atomic mass is 10.1. The lowest BCUT2D eigenvalue weighted by Crippen LogP contribution is -2.37. The number of aliphatic hydroxyl groups excluding tert-OH is 1. The van der Waals surface area contributed by atoms with Gasteiger partial charge in [-0.25, -0.2) is 9.97 Å². The number of ether oxygens (including phenoxy) is 3. The molecule has 5 rings (SSSR count). The summed E-state index contributed by atoms with van der Waals surface area (Å²) in [5.41, 5.74) is 4.52. The van der Waals surface area contributed by atoms with Crippen molar-refractivity contribution < 1.29 is 37.1 Å². The third kappa shape index (κ3) is 11.8. The van der Waals surface area contributed by atoms with Crippen molar-refractivity contribution in [3.05, 3.63) is 84.2 Å². The van der Waals surface area contributed by atoms with Crippen molar-refractivity contribution in [2.24, 2.45) is 5.16 Å². The van der Waals surface area contributed by atoms with Crippen molar-refractivity contribution >= 4 is 38.2 Å². The molecule has 0 atom stereocenters. The molecule has 0 bridgehead atoms. The van der Waals surface area contributed by atoms with E-state index in [9.17, 15) is 8.42 Å². The summed E-state index contributed by atoms with van der Waals surface area (Å²) in [6.45, 7) is 6.95. The average molecular weight is 668 g/mol. The molecule has 0 amide bonds. The highest BCUT2D eigenvalue weighted by Crippen LogP contribution is 2.35. The number of oxime groups is 1. The molecule has 1 aliphatic rings. The number of aromatic nitrogens is 2. The van der Waals surface area contributed by atoms with Crippen LogP contribution in [0.3, 0.4) is 0 Å². The van der Waals surface area contributed by atoms with Crippen molar-refractivity contribution in [2.75, 3.05) is 64.2 Å². The molecule has 0 spiro atoms. The molecule has 0 aliphatic carbocycles. The van der Waals surface area contributed by atoms with Gasteiger partial charge >= 0.3 is 0 Å². The van der Waals surface area contributed by atoms with Crippen LogP contribution >= 0.6 is 0 Å². The van der Waals surface area contributed by atoms with Crippen LogP contribution in [0, 0.1) is 0 Å². The van der Waals surface area contributed by atoms with Gasteiger partial charge in [0.1, 0.15) is 18.8 Å². The lowest BCUT2D eigenvalue weighted by Gasteiger charge is -2.26. The summed E-state index contributed by atoms with van der Waals surface area (Å²) in [5.74, 6) is 1.44. The third-order valence-electron chi connectivity index (χ3n) is 7.09. The van der Waals surface area contributed by atoms with Crippen LogP contribution < -0.4 is 14.8 Å². The lowest BCUT2D eigenvalue weighted by molar-refractivity contribution is 0.0357. The van der Waals surface area contributed by atoms with Gasteiger partial charge in [0.05, 0.1) is 50.5 Å². The predicted molar refractivity (Wildman–Crippen MR) is 180 cm³/mol. The molecule has 1 saturated heterocycles. The Labute approximate surface area is 274 Å². The molecule has 1 aliphatic heterocycles. The summed E-state index contributed by atoms with van der Waals surface area (Å²) < 4.78 is 44.2. The van der Waals surface area contributed by atoms with Crippen molar-refractivity contribution in [1.82, 2.24) is 14.9 Å². The zero-order valence-corrected chi connectivity index (χ0v) is 27.4. The van der Waals surface area contributed by atoms with Gasteiger partial charge in [-0.3, -0.25) is 9.45 Å². The minimum Gasteiger partial charge on any atom is -0.493 e. The number of benzene rings is 3. The molecule has 1 aromatic heterocycles. The van der Waals surface area contributed by atoms with Gasteiger partial charge in [0.25, 0.3) is 10.1 Å². The minimum atomic E-state index is -3.92. The Balaban J connectivity index is 0.000000644. The van der Waals surface area contributed by atoms with Crippen molar-refractivity contribution in [3.63, 3.8) is 0 Å². The number of nitrogens with one attached hydrogen (secondary N) is 1. The van der Waals surface area contributed by atoms with Gasteiger partial charge in [0.15, 0.2) is 11.5 Å². The van der Waals surface area contributed by atoms with E-state index in [-0.39, 0.29) is 0 Å². The molecule has 252 valence electrons. The highest BCUT2D eigenvalue weighted by Gasteiger charge is 2.14. The van der Waals surface area contributed by atoms with Gasteiger partial charge in [0, 0.05) is 36.8 Å². The van der Waals surface area contributed by atoms with E-state index in [4.69, 9.17) is 28.7 Å². The second kappa shape index (κ2) is 18.1. The van der Waals surface area contributed by atoms with Gasteiger partial charge in [-0.1, -0.05) is 47.6 Å². The molecule has 13 nitrogen and oxygen atoms in total. The Morgan fingerprint density at radius 2 is 1.79 bits per heavy atom. The Hall–Kier alpha value is -4.34. The van der Waals surface area contributed by atoms with Crippen molar-refractivity contribution in [3.8, 4) is 11.5 Å². The van der Waals surface area contributed by atoms with Crippen LogP contribution in [0.25, 0.3) is 10.9 Å². The summed E-state index contributed by atoms with van der Waals surface area (Å²) in [6.07, 6.45) is 2.46. The first-order valence-corrected chi connectivity index (χ1v) is 16.8. The second-order valence-electron chi connectivity index (χ2n) is 10.5. The molecular formula is C33H41N5O8S. The van der Waals surface area contributed by atoms with E-state index in [1.807, 2.05) is 73.7 Å². The smallest absolute Gasteiger partial charge is 0.267 e. The number of fused-ring (bicyclic) bond motifs is 1. The number of hydrogen-bond donors (Lipinski definition) is 3. The van der Waals surface area contributed by atoms with Gasteiger partial charge in [0.2, 0.25) is 0 Å². The van der Waals surface area contributed by atoms with Crippen molar-refractivity contribution in [2.45, 2.75) is 20.0 Å². The van der Waals surface area contributed by atoms with Gasteiger partial charge < -0.3 is 29.5 Å². The Morgan fingerprint density at radius 1 is 1.04 bits per heavy atom. The summed E-state index contributed by atoms with van der Waals surface area (Å²) >= 11 is 0. The fourth-order valence-corrected chi connectivity index (χ4v) is 4.84. The van der Waals surface area contributed by atoms with Gasteiger partial charge in [-0.15, -0.1) is 0 Å². The number of morpholine rings is 1. The minimum absolute atomic E-state index is 0.433. The number of anilines is 2. The standard InChI is InChI=1S/C31H35N5O4.C2H6O4S/c1-23(35-40-21-24-7-4-3-5-8-24)25-9-11-26(12-10-25)34-31-27-19-30(29(37-2)20-28(27)32-22-33-31)39-16-6-13-36-14-17-38-18-15-36;3-1-2-7(4,5)6/h3-5,7-12,19-20,22H,6,13-18,21H2,1-2H3,(H,32,33,34);3H,1-2H2,(H,4,5,6). The summed E-state index contributed by atoms with van der Waals surface area (Å²) in [7, 11) is -2.28. The topological polar surface area (TPSA) is 165 Å². The zero-order valence-electron chi connectivity index (χ0n) is 26.5. The monoisotopic (exact) mass is 667 g/mol. The molecule has 47 heavy (non-hydrogen) atoms. The molecule has 3 N–H and O–H groups in total. The fourth-order valence-electron chi connectivity index (χ4n) is 4.61. The van der Waals surface area contributed by atoms with E-state index >= 15 is 0 Å². The van der Waals surface area contributed by atoms with Crippen LogP contribution in [0.1, 0.15) is 24.5 Å². The summed E-state index contributed by atoms with van der Waals surface area (Å²) in [5, 5.41) is 16.4. The van der Waals surface area contributed by atoms with Crippen LogP contribution in [0.5, 0.6) is 11.5 Å². The Morgan fingerprint density at radius 3 is 2.45 bits per heavy atom. The van der Waals surface area contributed by atoms with Crippen LogP contribution in [-0.4, -0.2) is 97.6 Å². The summed E-state index contributed by atoms with van der Waals surface area (Å²) in [4.78, 5) is 16.9. The van der Waals surface area contributed by atoms with E-state index in [0.717, 1.165) is 72.7 Å². The number of rotatable bonds is 14. The predicted octanol–water partition coefficient (Wildman–Crippen LogP) is 4.29. The van der Waals surface area contributed by atoms with E-state index in [2.05, 4.69) is 25.3 Å². The average Bonchev–Trinajstić information content (AvgIpc) is 3.07. The van der Waals surface area contributed by atoms with Crippen LogP contribution in [-0.2, 0) is 26.3 Å². The maximum Gasteiger partial charge on any atom is 0.267 e.